The van der Waals surface area contributed by atoms with Crippen LogP contribution in [0.5, 0.6) is 0 Å². The van der Waals surface area contributed by atoms with Gasteiger partial charge in [0.15, 0.2) is 11.5 Å². The summed E-state index contributed by atoms with van der Waals surface area (Å²) >= 11 is 0. The molecule has 0 bridgehead atoms. The van der Waals surface area contributed by atoms with Crippen molar-refractivity contribution in [1.29, 1.82) is 0 Å². The summed E-state index contributed by atoms with van der Waals surface area (Å²) in [7, 11) is 0. The predicted octanol–water partition coefficient (Wildman–Crippen LogP) is 1.72. The van der Waals surface area contributed by atoms with Gasteiger partial charge >= 0.3 is 5.97 Å². The maximum Gasteiger partial charge on any atom is 0.356 e. The molecule has 2 heterocycles. The topological polar surface area (TPSA) is 67.5 Å². The number of nitrogens with zero attached hydrogens (tertiary/aromatic N) is 3. The van der Waals surface area contributed by atoms with Gasteiger partial charge in [0.1, 0.15) is 0 Å². The molecule has 0 saturated heterocycles. The van der Waals surface area contributed by atoms with Gasteiger partial charge < -0.3 is 5.11 Å². The van der Waals surface area contributed by atoms with Crippen molar-refractivity contribution in [3.8, 4) is 0 Å². The van der Waals surface area contributed by atoms with Gasteiger partial charge in [-0.25, -0.2) is 14.5 Å². The van der Waals surface area contributed by atoms with E-state index >= 15 is 0 Å². The summed E-state index contributed by atoms with van der Waals surface area (Å²) in [5, 5.41) is 12.8. The molecule has 1 aromatic heterocycles. The lowest BCUT2D eigenvalue weighted by molar-refractivity contribution is 0.0689. The quantitative estimate of drug-likeness (QED) is 0.849. The minimum absolute atomic E-state index is 0.0378. The molecule has 0 atom stereocenters. The molecule has 0 aliphatic carbocycles. The molecule has 17 heavy (non-hydrogen) atoms. The number of aliphatic imine (C=N–C) groups is 1. The Bertz CT molecular complexity index is 614. The van der Waals surface area contributed by atoms with Gasteiger partial charge in [0.2, 0.25) is 0 Å². The van der Waals surface area contributed by atoms with Crippen molar-refractivity contribution in [3.05, 3.63) is 47.7 Å². The Kier molecular flexibility index (Phi) is 2.04. The highest BCUT2D eigenvalue weighted by molar-refractivity contribution is 6.03. The van der Waals surface area contributed by atoms with Crippen LogP contribution < -0.4 is 0 Å². The third-order valence-electron chi connectivity index (χ3n) is 2.63. The Labute approximate surface area is 97.0 Å². The number of benzene rings is 1. The zero-order valence-corrected chi connectivity index (χ0v) is 8.87. The van der Waals surface area contributed by atoms with E-state index in [1.807, 2.05) is 30.3 Å². The van der Waals surface area contributed by atoms with E-state index in [0.717, 1.165) is 11.3 Å². The van der Waals surface area contributed by atoms with E-state index in [2.05, 4.69) is 10.1 Å². The average molecular weight is 227 g/mol. The van der Waals surface area contributed by atoms with E-state index in [1.54, 1.807) is 4.68 Å². The van der Waals surface area contributed by atoms with E-state index in [0.29, 0.717) is 12.4 Å². The molecule has 84 valence electrons. The van der Waals surface area contributed by atoms with Crippen LogP contribution in [0.3, 0.4) is 0 Å². The molecule has 1 aliphatic heterocycles. The molecule has 5 nitrogen and oxygen atoms in total. The molecule has 1 aliphatic rings. The van der Waals surface area contributed by atoms with Gasteiger partial charge in [0, 0.05) is 6.07 Å². The van der Waals surface area contributed by atoms with Crippen molar-refractivity contribution in [3.63, 3.8) is 0 Å². The normalized spacial score (nSPS) is 13.3. The van der Waals surface area contributed by atoms with Gasteiger partial charge in [0.05, 0.1) is 12.3 Å². The number of carboxylic acid groups (broad SMARTS) is 1. The Hall–Kier alpha value is -2.43. The molecular formula is C12H9N3O2. The van der Waals surface area contributed by atoms with Gasteiger partial charge in [-0.3, -0.25) is 0 Å². The van der Waals surface area contributed by atoms with Crippen molar-refractivity contribution in [2.75, 3.05) is 0 Å². The average Bonchev–Trinajstić information content (AvgIpc) is 2.87. The Morgan fingerprint density at radius 3 is 2.71 bits per heavy atom. The van der Waals surface area contributed by atoms with E-state index in [4.69, 9.17) is 5.11 Å². The number of rotatable bonds is 2. The second-order valence-electron chi connectivity index (χ2n) is 3.78. The summed E-state index contributed by atoms with van der Waals surface area (Å²) < 4.78 is 1.60. The Balaban J connectivity index is 1.96. The summed E-state index contributed by atoms with van der Waals surface area (Å²) in [5.74, 6) is -0.426. The summed E-state index contributed by atoms with van der Waals surface area (Å²) in [5.41, 5.74) is 1.98. The first-order valence-corrected chi connectivity index (χ1v) is 5.18. The number of aromatic carboxylic acids is 1. The molecular weight excluding hydrogens is 218 g/mol. The number of hydrogen-bond acceptors (Lipinski definition) is 3. The molecule has 0 saturated carbocycles. The lowest BCUT2D eigenvalue weighted by Crippen LogP contribution is -2.08. The summed E-state index contributed by atoms with van der Waals surface area (Å²) in [6, 6.07) is 11.3. The SMILES string of the molecule is O=C(O)c1cc2n(n1)CC(c1ccccc1)=N2. The standard InChI is InChI=1S/C12H9N3O2/c16-12(17)9-6-11-13-10(7-15(11)14-9)8-4-2-1-3-5-8/h1-6H,7H2,(H,16,17). The van der Waals surface area contributed by atoms with Gasteiger partial charge in [0.25, 0.3) is 0 Å². The predicted molar refractivity (Wildman–Crippen MR) is 61.8 cm³/mol. The van der Waals surface area contributed by atoms with Crippen molar-refractivity contribution in [2.45, 2.75) is 6.54 Å². The molecule has 0 amide bonds. The summed E-state index contributed by atoms with van der Waals surface area (Å²) in [4.78, 5) is 15.1. The number of carbonyl (C=O) groups is 1. The van der Waals surface area contributed by atoms with Crippen LogP contribution in [0, 0.1) is 0 Å². The van der Waals surface area contributed by atoms with Gasteiger partial charge in [-0.2, -0.15) is 5.10 Å². The third kappa shape index (κ3) is 1.61. The highest BCUT2D eigenvalue weighted by Crippen LogP contribution is 2.23. The Morgan fingerprint density at radius 2 is 2.06 bits per heavy atom. The first kappa shape index (κ1) is 9.77. The molecule has 5 heteroatoms. The second kappa shape index (κ2) is 3.55. The van der Waals surface area contributed by atoms with E-state index in [9.17, 15) is 4.79 Å². The van der Waals surface area contributed by atoms with Crippen LogP contribution in [0.25, 0.3) is 0 Å². The molecule has 0 unspecified atom stereocenters. The maximum absolute atomic E-state index is 10.7. The van der Waals surface area contributed by atoms with Crippen molar-refractivity contribution >= 4 is 17.5 Å². The van der Waals surface area contributed by atoms with E-state index in [1.165, 1.54) is 6.07 Å². The van der Waals surface area contributed by atoms with Gasteiger partial charge in [-0.05, 0) is 5.56 Å². The molecule has 0 spiro atoms. The molecule has 1 aromatic carbocycles. The van der Waals surface area contributed by atoms with Crippen molar-refractivity contribution < 1.29 is 9.90 Å². The molecule has 1 N–H and O–H groups in total. The van der Waals surface area contributed by atoms with Crippen LogP contribution >= 0.6 is 0 Å². The highest BCUT2D eigenvalue weighted by Gasteiger charge is 2.20. The fourth-order valence-electron chi connectivity index (χ4n) is 1.82. The number of fused-ring (bicyclic) bond motifs is 1. The summed E-state index contributed by atoms with van der Waals surface area (Å²) in [6.07, 6.45) is 0. The Morgan fingerprint density at radius 1 is 1.29 bits per heavy atom. The zero-order valence-electron chi connectivity index (χ0n) is 8.87. The van der Waals surface area contributed by atoms with Crippen LogP contribution in [0.15, 0.2) is 41.4 Å². The largest absolute Gasteiger partial charge is 0.476 e. The number of aromatic nitrogens is 2. The van der Waals surface area contributed by atoms with Crippen LogP contribution in [0.2, 0.25) is 0 Å². The first-order valence-electron chi connectivity index (χ1n) is 5.18. The molecule has 0 fully saturated rings. The summed E-state index contributed by atoms with van der Waals surface area (Å²) in [6.45, 7) is 0.520. The fourth-order valence-corrected chi connectivity index (χ4v) is 1.82. The second-order valence-corrected chi connectivity index (χ2v) is 3.78. The molecule has 0 radical (unpaired) electrons. The van der Waals surface area contributed by atoms with Crippen LogP contribution in [0.4, 0.5) is 5.82 Å². The molecule has 3 rings (SSSR count). The first-order chi connectivity index (χ1) is 8.24. The van der Waals surface area contributed by atoms with E-state index < -0.39 is 5.97 Å². The minimum atomic E-state index is -1.02. The lowest BCUT2D eigenvalue weighted by Gasteiger charge is -1.99. The van der Waals surface area contributed by atoms with Crippen LogP contribution in [0.1, 0.15) is 16.1 Å². The van der Waals surface area contributed by atoms with E-state index in [-0.39, 0.29) is 5.69 Å². The van der Waals surface area contributed by atoms with Crippen molar-refractivity contribution in [2.24, 2.45) is 4.99 Å². The van der Waals surface area contributed by atoms with Crippen molar-refractivity contribution in [1.82, 2.24) is 9.78 Å². The smallest absolute Gasteiger partial charge is 0.356 e. The fraction of sp³-hybridized carbons (Fsp3) is 0.0833. The van der Waals surface area contributed by atoms with Gasteiger partial charge in [-0.1, -0.05) is 30.3 Å². The minimum Gasteiger partial charge on any atom is -0.476 e. The number of carboxylic acids is 1. The monoisotopic (exact) mass is 227 g/mol. The lowest BCUT2D eigenvalue weighted by atomic mass is 10.1. The highest BCUT2D eigenvalue weighted by atomic mass is 16.4. The van der Waals surface area contributed by atoms with Crippen LogP contribution in [-0.2, 0) is 6.54 Å². The third-order valence-corrected chi connectivity index (χ3v) is 2.63. The zero-order chi connectivity index (χ0) is 11.8. The van der Waals surface area contributed by atoms with Gasteiger partial charge in [-0.15, -0.1) is 0 Å². The maximum atomic E-state index is 10.7. The molecule has 2 aromatic rings. The number of hydrogen-bond donors (Lipinski definition) is 1. The van der Waals surface area contributed by atoms with Crippen LogP contribution in [-0.4, -0.2) is 26.6 Å².